The first-order chi connectivity index (χ1) is 9.78. The second kappa shape index (κ2) is 5.50. The molecule has 21 heavy (non-hydrogen) atoms. The lowest BCUT2D eigenvalue weighted by Gasteiger charge is -2.22. The summed E-state index contributed by atoms with van der Waals surface area (Å²) in [5.41, 5.74) is 3.08. The highest BCUT2D eigenvalue weighted by Crippen LogP contribution is 2.28. The van der Waals surface area contributed by atoms with Gasteiger partial charge in [0.15, 0.2) is 0 Å². The lowest BCUT2D eigenvalue weighted by molar-refractivity contribution is 0.273. The minimum Gasteiger partial charge on any atom is -0.390 e. The first-order valence-electron chi connectivity index (χ1n) is 6.50. The van der Waals surface area contributed by atoms with Crippen LogP contribution in [-0.4, -0.2) is 30.8 Å². The summed E-state index contributed by atoms with van der Waals surface area (Å²) in [6, 6.07) is 5.57. The Morgan fingerprint density at radius 3 is 2.52 bits per heavy atom. The summed E-state index contributed by atoms with van der Waals surface area (Å²) >= 11 is 0. The number of rotatable bonds is 4. The van der Waals surface area contributed by atoms with Crippen LogP contribution in [0.15, 0.2) is 23.1 Å². The van der Waals surface area contributed by atoms with E-state index in [2.05, 4.69) is 10.2 Å². The van der Waals surface area contributed by atoms with Crippen LogP contribution in [-0.2, 0) is 16.6 Å². The number of H-pyrrole nitrogens is 1. The molecule has 0 saturated carbocycles. The number of hydrogen-bond donors (Lipinski definition) is 2. The fourth-order valence-corrected chi connectivity index (χ4v) is 3.92. The van der Waals surface area contributed by atoms with E-state index < -0.39 is 16.6 Å². The van der Waals surface area contributed by atoms with Gasteiger partial charge in [-0.3, -0.25) is 9.40 Å². The molecule has 6 nitrogen and oxygen atoms in total. The van der Waals surface area contributed by atoms with Crippen LogP contribution in [0.4, 0.5) is 5.69 Å². The third-order valence-electron chi connectivity index (χ3n) is 3.42. The first kappa shape index (κ1) is 15.5. The fraction of sp³-hybridized carbons (Fsp3) is 0.357. The Morgan fingerprint density at radius 1 is 1.29 bits per heavy atom. The molecule has 0 fully saturated rings. The summed E-state index contributed by atoms with van der Waals surface area (Å²) in [7, 11) is -2.28. The van der Waals surface area contributed by atoms with Crippen LogP contribution in [0.2, 0.25) is 0 Å². The van der Waals surface area contributed by atoms with Crippen molar-refractivity contribution in [3.8, 4) is 0 Å². The molecular formula is C14H19N3O3S. The molecular weight excluding hydrogens is 290 g/mol. The predicted molar refractivity (Wildman–Crippen MR) is 80.8 cm³/mol. The molecule has 1 aromatic heterocycles. The molecule has 0 atom stereocenters. The van der Waals surface area contributed by atoms with Crippen LogP contribution >= 0.6 is 0 Å². The Hall–Kier alpha value is -1.86. The minimum absolute atomic E-state index is 0.0347. The number of aliphatic hydroxyl groups excluding tert-OH is 1. The Balaban J connectivity index is 2.55. The van der Waals surface area contributed by atoms with E-state index in [4.69, 9.17) is 0 Å². The van der Waals surface area contributed by atoms with Crippen molar-refractivity contribution in [1.29, 1.82) is 0 Å². The van der Waals surface area contributed by atoms with Crippen molar-refractivity contribution in [2.45, 2.75) is 32.3 Å². The molecule has 0 spiro atoms. The largest absolute Gasteiger partial charge is 0.390 e. The van der Waals surface area contributed by atoms with Gasteiger partial charge in [0.05, 0.1) is 18.0 Å². The van der Waals surface area contributed by atoms with E-state index >= 15 is 0 Å². The first-order valence-corrected chi connectivity index (χ1v) is 7.94. The van der Waals surface area contributed by atoms with Crippen molar-refractivity contribution in [2.24, 2.45) is 0 Å². The van der Waals surface area contributed by atoms with Gasteiger partial charge in [0.1, 0.15) is 10.6 Å². The molecule has 2 N–H and O–H groups in total. The second-order valence-corrected chi connectivity index (χ2v) is 6.95. The highest BCUT2D eigenvalue weighted by Gasteiger charge is 2.29. The average Bonchev–Trinajstić information content (AvgIpc) is 2.79. The maximum Gasteiger partial charge on any atom is 0.267 e. The third-order valence-corrected chi connectivity index (χ3v) is 5.40. The maximum absolute atomic E-state index is 12.8. The van der Waals surface area contributed by atoms with Gasteiger partial charge in [0.25, 0.3) is 10.0 Å². The van der Waals surface area contributed by atoms with Gasteiger partial charge >= 0.3 is 0 Å². The molecule has 114 valence electrons. The molecule has 0 saturated heterocycles. The summed E-state index contributed by atoms with van der Waals surface area (Å²) in [4.78, 5) is 0.0347. The van der Waals surface area contributed by atoms with Crippen molar-refractivity contribution >= 4 is 15.7 Å². The number of aromatic nitrogens is 2. The highest BCUT2D eigenvalue weighted by atomic mass is 32.2. The van der Waals surface area contributed by atoms with Crippen LogP contribution in [0.1, 0.15) is 22.5 Å². The van der Waals surface area contributed by atoms with Gasteiger partial charge in [-0.15, -0.1) is 0 Å². The lowest BCUT2D eigenvalue weighted by atomic mass is 10.1. The van der Waals surface area contributed by atoms with Gasteiger partial charge in [-0.2, -0.15) is 5.10 Å². The van der Waals surface area contributed by atoms with Gasteiger partial charge in [0.2, 0.25) is 0 Å². The Bertz CT molecular complexity index is 766. The average molecular weight is 309 g/mol. The van der Waals surface area contributed by atoms with Gasteiger partial charge in [-0.05, 0) is 32.4 Å². The number of aliphatic hydroxyl groups is 1. The molecule has 1 aromatic carbocycles. The molecule has 2 aromatic rings. The molecule has 1 heterocycles. The molecule has 7 heteroatoms. The molecule has 0 radical (unpaired) electrons. The smallest absolute Gasteiger partial charge is 0.267 e. The van der Waals surface area contributed by atoms with Crippen LogP contribution < -0.4 is 4.31 Å². The maximum atomic E-state index is 12.8. The Kier molecular flexibility index (Phi) is 4.06. The van der Waals surface area contributed by atoms with Crippen molar-refractivity contribution in [1.82, 2.24) is 10.2 Å². The zero-order chi connectivity index (χ0) is 15.8. The van der Waals surface area contributed by atoms with E-state index in [-0.39, 0.29) is 10.6 Å². The van der Waals surface area contributed by atoms with Crippen molar-refractivity contribution in [2.75, 3.05) is 11.4 Å². The molecule has 0 aliphatic carbocycles. The fourth-order valence-electron chi connectivity index (χ4n) is 2.34. The topological polar surface area (TPSA) is 86.3 Å². The normalized spacial score (nSPS) is 11.7. The predicted octanol–water partition coefficient (Wildman–Crippen LogP) is 1.65. The standard InChI is InChI=1S/C14H19N3O3S/c1-9-5-6-13(10(2)7-9)17(4)21(19,20)14-11(3)15-16-12(14)8-18/h5-7,18H,8H2,1-4H3,(H,15,16). The van der Waals surface area contributed by atoms with Crippen LogP contribution in [0.5, 0.6) is 0 Å². The summed E-state index contributed by atoms with van der Waals surface area (Å²) in [5.74, 6) is 0. The number of nitrogens with one attached hydrogen (secondary N) is 1. The summed E-state index contributed by atoms with van der Waals surface area (Å²) in [5, 5.41) is 15.7. The lowest BCUT2D eigenvalue weighted by Crippen LogP contribution is -2.28. The van der Waals surface area contributed by atoms with Gasteiger partial charge in [-0.1, -0.05) is 17.7 Å². The van der Waals surface area contributed by atoms with E-state index in [0.29, 0.717) is 11.4 Å². The molecule has 0 bridgehead atoms. The van der Waals surface area contributed by atoms with E-state index in [0.717, 1.165) is 11.1 Å². The van der Waals surface area contributed by atoms with Gasteiger partial charge in [0, 0.05) is 7.05 Å². The van der Waals surface area contributed by atoms with Gasteiger partial charge < -0.3 is 5.11 Å². The number of hydrogen-bond acceptors (Lipinski definition) is 4. The zero-order valence-corrected chi connectivity index (χ0v) is 13.3. The van der Waals surface area contributed by atoms with E-state index in [9.17, 15) is 13.5 Å². The molecule has 0 aliphatic heterocycles. The zero-order valence-electron chi connectivity index (χ0n) is 12.5. The molecule has 0 unspecified atom stereocenters. The van der Waals surface area contributed by atoms with E-state index in [1.54, 1.807) is 13.0 Å². The number of benzene rings is 1. The molecule has 0 amide bonds. The quantitative estimate of drug-likeness (QED) is 0.899. The Morgan fingerprint density at radius 2 is 1.95 bits per heavy atom. The minimum atomic E-state index is -3.78. The molecule has 0 aliphatic rings. The van der Waals surface area contributed by atoms with E-state index in [1.165, 1.54) is 11.4 Å². The monoisotopic (exact) mass is 309 g/mol. The summed E-state index contributed by atoms with van der Waals surface area (Å²) in [6.07, 6.45) is 0. The number of aryl methyl sites for hydroxylation is 3. The summed E-state index contributed by atoms with van der Waals surface area (Å²) < 4.78 is 26.8. The third kappa shape index (κ3) is 2.66. The van der Waals surface area contributed by atoms with Crippen LogP contribution in [0.25, 0.3) is 0 Å². The summed E-state index contributed by atoms with van der Waals surface area (Å²) in [6.45, 7) is 5.01. The SMILES string of the molecule is Cc1ccc(N(C)S(=O)(=O)c2c(CO)n[nH]c2C)c(C)c1. The van der Waals surface area contributed by atoms with E-state index in [1.807, 2.05) is 26.0 Å². The van der Waals surface area contributed by atoms with Crippen molar-refractivity contribution in [3.63, 3.8) is 0 Å². The van der Waals surface area contributed by atoms with Crippen LogP contribution in [0.3, 0.4) is 0 Å². The highest BCUT2D eigenvalue weighted by molar-refractivity contribution is 7.92. The van der Waals surface area contributed by atoms with Crippen molar-refractivity contribution in [3.05, 3.63) is 40.7 Å². The Labute approximate surface area is 124 Å². The second-order valence-electron chi connectivity index (χ2n) is 5.05. The number of aromatic amines is 1. The number of sulfonamides is 1. The number of anilines is 1. The number of nitrogens with zero attached hydrogens (tertiary/aromatic N) is 2. The van der Waals surface area contributed by atoms with Gasteiger partial charge in [-0.25, -0.2) is 8.42 Å². The molecule has 2 rings (SSSR count). The van der Waals surface area contributed by atoms with Crippen LogP contribution in [0, 0.1) is 20.8 Å². The van der Waals surface area contributed by atoms with Crippen molar-refractivity contribution < 1.29 is 13.5 Å².